The molecule has 1 aromatic rings. The SMILES string of the molecule is Cc1cscc1CN1CC(=O)NC(C)(C)C1=O. The molecule has 1 aliphatic heterocycles. The minimum atomic E-state index is -0.792. The Labute approximate surface area is 105 Å². The Morgan fingerprint density at radius 2 is 2.12 bits per heavy atom. The summed E-state index contributed by atoms with van der Waals surface area (Å²) in [5.41, 5.74) is 1.50. The molecule has 0 spiro atoms. The topological polar surface area (TPSA) is 49.4 Å². The van der Waals surface area contributed by atoms with E-state index in [4.69, 9.17) is 0 Å². The first-order valence-corrected chi connectivity index (χ1v) is 6.46. The van der Waals surface area contributed by atoms with E-state index in [9.17, 15) is 9.59 Å². The monoisotopic (exact) mass is 252 g/mol. The van der Waals surface area contributed by atoms with Crippen LogP contribution >= 0.6 is 11.3 Å². The lowest BCUT2D eigenvalue weighted by atomic mass is 10.00. The first-order chi connectivity index (χ1) is 7.90. The minimum absolute atomic E-state index is 0.0253. The minimum Gasteiger partial charge on any atom is -0.341 e. The fourth-order valence-electron chi connectivity index (χ4n) is 1.96. The molecule has 0 unspecified atom stereocenters. The van der Waals surface area contributed by atoms with Crippen LogP contribution in [0.15, 0.2) is 10.8 Å². The van der Waals surface area contributed by atoms with Gasteiger partial charge in [0.2, 0.25) is 11.8 Å². The zero-order valence-corrected chi connectivity index (χ0v) is 11.1. The van der Waals surface area contributed by atoms with Crippen molar-refractivity contribution >= 4 is 23.2 Å². The van der Waals surface area contributed by atoms with Crippen molar-refractivity contribution in [2.75, 3.05) is 6.54 Å². The quantitative estimate of drug-likeness (QED) is 0.862. The van der Waals surface area contributed by atoms with E-state index in [1.165, 1.54) is 5.56 Å². The molecule has 1 fully saturated rings. The van der Waals surface area contributed by atoms with Gasteiger partial charge in [-0.15, -0.1) is 0 Å². The third-order valence-electron chi connectivity index (χ3n) is 2.93. The van der Waals surface area contributed by atoms with Crippen LogP contribution in [0.2, 0.25) is 0 Å². The van der Waals surface area contributed by atoms with Gasteiger partial charge in [-0.3, -0.25) is 9.59 Å². The Morgan fingerprint density at radius 1 is 1.41 bits per heavy atom. The average molecular weight is 252 g/mol. The summed E-state index contributed by atoms with van der Waals surface area (Å²) in [4.78, 5) is 25.3. The van der Waals surface area contributed by atoms with E-state index in [0.717, 1.165) is 5.56 Å². The standard InChI is InChI=1S/C12H16N2O2S/c1-8-6-17-7-9(8)4-14-5-10(15)13-12(2,3)11(14)16/h6-7H,4-5H2,1-3H3,(H,13,15). The van der Waals surface area contributed by atoms with Crippen molar-refractivity contribution in [1.29, 1.82) is 0 Å². The fraction of sp³-hybridized carbons (Fsp3) is 0.500. The predicted octanol–water partition coefficient (Wildman–Crippen LogP) is 1.29. The number of aryl methyl sites for hydroxylation is 1. The molecule has 1 aliphatic rings. The van der Waals surface area contributed by atoms with Crippen molar-refractivity contribution in [3.63, 3.8) is 0 Å². The summed E-state index contributed by atoms with van der Waals surface area (Å²) in [6.45, 7) is 6.16. The van der Waals surface area contributed by atoms with E-state index in [0.29, 0.717) is 6.54 Å². The second-order valence-corrected chi connectivity index (χ2v) is 5.66. The van der Waals surface area contributed by atoms with Crippen molar-refractivity contribution < 1.29 is 9.59 Å². The summed E-state index contributed by atoms with van der Waals surface area (Å²) in [5, 5.41) is 6.78. The van der Waals surface area contributed by atoms with Crippen molar-refractivity contribution in [2.45, 2.75) is 32.9 Å². The maximum atomic E-state index is 12.1. The lowest BCUT2D eigenvalue weighted by Crippen LogP contribution is -2.63. The van der Waals surface area contributed by atoms with Crippen LogP contribution in [0, 0.1) is 6.92 Å². The number of rotatable bonds is 2. The van der Waals surface area contributed by atoms with Crippen LogP contribution in [-0.4, -0.2) is 28.8 Å². The first-order valence-electron chi connectivity index (χ1n) is 5.52. The van der Waals surface area contributed by atoms with Crippen molar-refractivity contribution in [1.82, 2.24) is 10.2 Å². The number of carbonyl (C=O) groups excluding carboxylic acids is 2. The van der Waals surface area contributed by atoms with Crippen LogP contribution < -0.4 is 5.32 Å². The van der Waals surface area contributed by atoms with Crippen molar-refractivity contribution in [3.05, 3.63) is 21.9 Å². The largest absolute Gasteiger partial charge is 0.341 e. The van der Waals surface area contributed by atoms with E-state index in [-0.39, 0.29) is 18.4 Å². The van der Waals surface area contributed by atoms with E-state index in [1.54, 1.807) is 30.1 Å². The summed E-state index contributed by atoms with van der Waals surface area (Å²) in [6, 6.07) is 0. The number of nitrogens with zero attached hydrogens (tertiary/aromatic N) is 1. The smallest absolute Gasteiger partial charge is 0.248 e. The Bertz CT molecular complexity index is 465. The summed E-state index contributed by atoms with van der Waals surface area (Å²) in [5.74, 6) is -0.120. The molecule has 0 aliphatic carbocycles. The van der Waals surface area contributed by atoms with Crippen LogP contribution in [0.25, 0.3) is 0 Å². The summed E-state index contributed by atoms with van der Waals surface area (Å²) in [7, 11) is 0. The van der Waals surface area contributed by atoms with Gasteiger partial charge in [-0.1, -0.05) is 0 Å². The number of piperazine rings is 1. The third kappa shape index (κ3) is 2.34. The zero-order valence-electron chi connectivity index (χ0n) is 10.2. The molecule has 2 amide bonds. The third-order valence-corrected chi connectivity index (χ3v) is 3.84. The van der Waals surface area contributed by atoms with Crippen LogP contribution in [0.5, 0.6) is 0 Å². The lowest BCUT2D eigenvalue weighted by molar-refractivity contribution is -0.148. The summed E-state index contributed by atoms with van der Waals surface area (Å²) >= 11 is 1.62. The number of amides is 2. The Kier molecular flexibility index (Phi) is 2.95. The Morgan fingerprint density at radius 3 is 2.71 bits per heavy atom. The highest BCUT2D eigenvalue weighted by Gasteiger charge is 2.38. The number of hydrogen-bond acceptors (Lipinski definition) is 3. The molecule has 1 saturated heterocycles. The van der Waals surface area contributed by atoms with E-state index >= 15 is 0 Å². The number of carbonyl (C=O) groups is 2. The molecule has 4 nitrogen and oxygen atoms in total. The predicted molar refractivity (Wildman–Crippen MR) is 66.7 cm³/mol. The molecule has 1 aromatic heterocycles. The molecule has 0 saturated carbocycles. The molecule has 0 atom stereocenters. The highest BCUT2D eigenvalue weighted by molar-refractivity contribution is 7.08. The van der Waals surface area contributed by atoms with Gasteiger partial charge in [0.25, 0.3) is 0 Å². The maximum Gasteiger partial charge on any atom is 0.248 e. The van der Waals surface area contributed by atoms with Gasteiger partial charge in [-0.2, -0.15) is 11.3 Å². The van der Waals surface area contributed by atoms with Gasteiger partial charge >= 0.3 is 0 Å². The number of thiophene rings is 1. The van der Waals surface area contributed by atoms with Crippen LogP contribution in [0.1, 0.15) is 25.0 Å². The molecule has 0 radical (unpaired) electrons. The highest BCUT2D eigenvalue weighted by Crippen LogP contribution is 2.20. The zero-order chi connectivity index (χ0) is 12.6. The van der Waals surface area contributed by atoms with E-state index in [2.05, 4.69) is 10.7 Å². The van der Waals surface area contributed by atoms with Gasteiger partial charge < -0.3 is 10.2 Å². The normalized spacial score (nSPS) is 19.4. The van der Waals surface area contributed by atoms with Crippen molar-refractivity contribution in [2.24, 2.45) is 0 Å². The Hall–Kier alpha value is -1.36. The molecule has 92 valence electrons. The van der Waals surface area contributed by atoms with Crippen LogP contribution in [0.3, 0.4) is 0 Å². The van der Waals surface area contributed by atoms with E-state index in [1.807, 2.05) is 12.3 Å². The van der Waals surface area contributed by atoms with Gasteiger partial charge in [-0.25, -0.2) is 0 Å². The molecular formula is C12H16N2O2S. The highest BCUT2D eigenvalue weighted by atomic mass is 32.1. The molecule has 1 N–H and O–H groups in total. The molecule has 0 aromatic carbocycles. The molecule has 2 rings (SSSR count). The fourth-order valence-corrected chi connectivity index (χ4v) is 2.81. The molecule has 17 heavy (non-hydrogen) atoms. The molecular weight excluding hydrogens is 236 g/mol. The Balaban J connectivity index is 2.18. The number of hydrogen-bond donors (Lipinski definition) is 1. The maximum absolute atomic E-state index is 12.1. The van der Waals surface area contributed by atoms with Gasteiger partial charge in [0.15, 0.2) is 0 Å². The lowest BCUT2D eigenvalue weighted by Gasteiger charge is -2.37. The summed E-state index contributed by atoms with van der Waals surface area (Å²) in [6.07, 6.45) is 0. The molecule has 5 heteroatoms. The van der Waals surface area contributed by atoms with Gasteiger partial charge in [0, 0.05) is 6.54 Å². The van der Waals surface area contributed by atoms with Gasteiger partial charge in [-0.05, 0) is 42.7 Å². The van der Waals surface area contributed by atoms with Gasteiger partial charge in [0.1, 0.15) is 5.54 Å². The second kappa shape index (κ2) is 4.14. The average Bonchev–Trinajstić information content (AvgIpc) is 2.59. The first kappa shape index (κ1) is 12.1. The number of nitrogens with one attached hydrogen (secondary N) is 1. The molecule has 2 heterocycles. The van der Waals surface area contributed by atoms with Crippen LogP contribution in [-0.2, 0) is 16.1 Å². The van der Waals surface area contributed by atoms with E-state index < -0.39 is 5.54 Å². The molecule has 0 bridgehead atoms. The second-order valence-electron chi connectivity index (χ2n) is 4.91. The summed E-state index contributed by atoms with van der Waals surface area (Å²) < 4.78 is 0. The van der Waals surface area contributed by atoms with Crippen molar-refractivity contribution in [3.8, 4) is 0 Å². The van der Waals surface area contributed by atoms with Crippen LogP contribution in [0.4, 0.5) is 0 Å². The van der Waals surface area contributed by atoms with Gasteiger partial charge in [0.05, 0.1) is 6.54 Å².